The number of carbonyl (C=O) groups excluding carboxylic acids is 1. The highest BCUT2D eigenvalue weighted by molar-refractivity contribution is 7.14. The first-order chi connectivity index (χ1) is 18.2. The third-order valence-electron chi connectivity index (χ3n) is 6.70. The normalized spacial score (nSPS) is 14.5. The van der Waals surface area contributed by atoms with Gasteiger partial charge in [0.05, 0.1) is 21.0 Å². The molecule has 5 nitrogen and oxygen atoms in total. The summed E-state index contributed by atoms with van der Waals surface area (Å²) in [6.45, 7) is 1.60. The molecule has 3 aromatic carbocycles. The molecule has 1 amide bonds. The Kier molecular flexibility index (Phi) is 6.94. The predicted molar refractivity (Wildman–Crippen MR) is 144 cm³/mol. The average Bonchev–Trinajstić information content (AvgIpc) is 3.62. The Morgan fingerprint density at radius 1 is 0.974 bits per heavy atom. The van der Waals surface area contributed by atoms with Gasteiger partial charge in [0.25, 0.3) is 0 Å². The molecule has 194 valence electrons. The van der Waals surface area contributed by atoms with Crippen LogP contribution in [0.2, 0.25) is 5.02 Å². The number of aliphatic carboxylic acids is 1. The Morgan fingerprint density at radius 2 is 1.58 bits per heavy atom. The first-order valence-corrected chi connectivity index (χ1v) is 13.0. The van der Waals surface area contributed by atoms with Gasteiger partial charge in [-0.05, 0) is 54.2 Å². The minimum Gasteiger partial charge on any atom is -0.481 e. The van der Waals surface area contributed by atoms with Gasteiger partial charge in [-0.25, -0.2) is 9.18 Å². The van der Waals surface area contributed by atoms with E-state index in [1.54, 1.807) is 6.92 Å². The molecule has 38 heavy (non-hydrogen) atoms. The molecule has 1 aliphatic carbocycles. The maximum atomic E-state index is 14.2. The van der Waals surface area contributed by atoms with Crippen LogP contribution in [0.5, 0.6) is 0 Å². The maximum Gasteiger partial charge on any atom is 0.412 e. The van der Waals surface area contributed by atoms with Crippen LogP contribution in [-0.4, -0.2) is 17.2 Å². The number of ether oxygens (including phenoxy) is 1. The van der Waals surface area contributed by atoms with Crippen molar-refractivity contribution in [3.05, 3.63) is 99.9 Å². The summed E-state index contributed by atoms with van der Waals surface area (Å²) in [7, 11) is 0. The molecule has 1 saturated carbocycles. The summed E-state index contributed by atoms with van der Waals surface area (Å²) in [4.78, 5) is 24.6. The first-order valence-electron chi connectivity index (χ1n) is 11.8. The van der Waals surface area contributed by atoms with Gasteiger partial charge in [0.15, 0.2) is 5.13 Å². The molecule has 0 radical (unpaired) electrons. The molecule has 1 atom stereocenters. The van der Waals surface area contributed by atoms with Crippen LogP contribution in [0.3, 0.4) is 0 Å². The molecule has 5 rings (SSSR count). The molecule has 9 heteroatoms. The van der Waals surface area contributed by atoms with Crippen molar-refractivity contribution < 1.29 is 28.2 Å². The number of carboxylic acids is 1. The van der Waals surface area contributed by atoms with Crippen LogP contribution in [0.15, 0.2) is 72.8 Å². The van der Waals surface area contributed by atoms with Crippen LogP contribution in [0, 0.1) is 10.9 Å². The molecule has 0 saturated heterocycles. The quantitative estimate of drug-likeness (QED) is 0.241. The van der Waals surface area contributed by atoms with Crippen LogP contribution in [0.1, 0.15) is 37.0 Å². The number of carbonyl (C=O) groups is 2. The molecular formula is C29H22ClF2NO4S. The molecule has 2 N–H and O–H groups in total. The van der Waals surface area contributed by atoms with Crippen molar-refractivity contribution in [2.45, 2.75) is 31.3 Å². The second kappa shape index (κ2) is 10.2. The van der Waals surface area contributed by atoms with Gasteiger partial charge in [-0.2, -0.15) is 4.39 Å². The fourth-order valence-electron chi connectivity index (χ4n) is 4.41. The van der Waals surface area contributed by atoms with E-state index < -0.39 is 34.5 Å². The van der Waals surface area contributed by atoms with Gasteiger partial charge in [-0.15, -0.1) is 11.3 Å². The number of thiophene rings is 1. The van der Waals surface area contributed by atoms with Gasteiger partial charge in [0.1, 0.15) is 11.9 Å². The van der Waals surface area contributed by atoms with E-state index in [-0.39, 0.29) is 10.7 Å². The summed E-state index contributed by atoms with van der Waals surface area (Å²) in [5.41, 5.74) is 3.30. The Balaban J connectivity index is 1.30. The lowest BCUT2D eigenvalue weighted by molar-refractivity contribution is -0.140. The summed E-state index contributed by atoms with van der Waals surface area (Å²) in [6, 6.07) is 19.9. The number of carboxylic acid groups (broad SMARTS) is 1. The van der Waals surface area contributed by atoms with Gasteiger partial charge in [-0.1, -0.05) is 66.2 Å². The SMILES string of the molecule is CC(OC(=O)Nc1cc(F)sc1-c1ccc(-c2ccc(C3(C(=O)O)CC3)cc2)cc1)c1ccc(F)cc1Cl. The van der Waals surface area contributed by atoms with Crippen LogP contribution in [0.25, 0.3) is 21.6 Å². The highest BCUT2D eigenvalue weighted by Gasteiger charge is 2.51. The van der Waals surface area contributed by atoms with Crippen molar-refractivity contribution in [1.82, 2.24) is 0 Å². The number of halogens is 3. The van der Waals surface area contributed by atoms with E-state index in [1.807, 2.05) is 48.5 Å². The lowest BCUT2D eigenvalue weighted by Gasteiger charge is -2.16. The Bertz CT molecular complexity index is 1510. The minimum atomic E-state index is -0.802. The van der Waals surface area contributed by atoms with E-state index >= 15 is 0 Å². The highest BCUT2D eigenvalue weighted by atomic mass is 35.5. The fraction of sp³-hybridized carbons (Fsp3) is 0.172. The molecule has 1 aromatic heterocycles. The van der Waals surface area contributed by atoms with Crippen LogP contribution in [-0.2, 0) is 14.9 Å². The number of hydrogen-bond acceptors (Lipinski definition) is 4. The molecule has 1 aliphatic rings. The van der Waals surface area contributed by atoms with E-state index in [1.165, 1.54) is 18.2 Å². The maximum absolute atomic E-state index is 14.2. The van der Waals surface area contributed by atoms with Gasteiger partial charge >= 0.3 is 12.1 Å². The number of nitrogens with one attached hydrogen (secondary N) is 1. The van der Waals surface area contributed by atoms with Crippen LogP contribution in [0.4, 0.5) is 19.3 Å². The standard InChI is InChI=1S/C29H22ClF2NO4S/c1-16(22-11-10-21(31)14-23(22)30)37-28(36)33-24-15-25(32)38-26(24)19-4-2-17(3-5-19)18-6-8-20(9-7-18)29(12-13-29)27(34)35/h2-11,14-16H,12-13H2,1H3,(H,33,36)(H,34,35). The van der Waals surface area contributed by atoms with E-state index in [2.05, 4.69) is 5.32 Å². The molecule has 4 aromatic rings. The summed E-state index contributed by atoms with van der Waals surface area (Å²) in [6.07, 6.45) is -0.262. The van der Waals surface area contributed by atoms with Crippen LogP contribution < -0.4 is 5.32 Å². The van der Waals surface area contributed by atoms with Crippen molar-refractivity contribution in [3.8, 4) is 21.6 Å². The van der Waals surface area contributed by atoms with Crippen LogP contribution >= 0.6 is 22.9 Å². The number of amides is 1. The third-order valence-corrected chi connectivity index (χ3v) is 8.00. The van der Waals surface area contributed by atoms with Gasteiger partial charge in [0, 0.05) is 11.6 Å². The topological polar surface area (TPSA) is 75.6 Å². The summed E-state index contributed by atoms with van der Waals surface area (Å²) in [5, 5.41) is 11.7. The molecule has 0 spiro atoms. The lowest BCUT2D eigenvalue weighted by Crippen LogP contribution is -2.19. The number of anilines is 1. The van der Waals surface area contributed by atoms with Crippen molar-refractivity contribution >= 4 is 40.7 Å². The Morgan fingerprint density at radius 3 is 2.16 bits per heavy atom. The zero-order valence-corrected chi connectivity index (χ0v) is 21.7. The Hall–Kier alpha value is -3.75. The summed E-state index contributed by atoms with van der Waals surface area (Å²) in [5.74, 6) is -1.29. The van der Waals surface area contributed by atoms with Crippen molar-refractivity contribution in [3.63, 3.8) is 0 Å². The summed E-state index contributed by atoms with van der Waals surface area (Å²) >= 11 is 6.94. The number of benzene rings is 3. The largest absolute Gasteiger partial charge is 0.481 e. The molecule has 0 aliphatic heterocycles. The minimum absolute atomic E-state index is 0.135. The molecule has 1 heterocycles. The molecule has 1 fully saturated rings. The van der Waals surface area contributed by atoms with Gasteiger partial charge < -0.3 is 9.84 Å². The van der Waals surface area contributed by atoms with Crippen molar-refractivity contribution in [2.75, 3.05) is 5.32 Å². The molecule has 0 bridgehead atoms. The lowest BCUT2D eigenvalue weighted by atomic mass is 9.93. The van der Waals surface area contributed by atoms with Crippen molar-refractivity contribution in [2.24, 2.45) is 0 Å². The zero-order chi connectivity index (χ0) is 27.0. The van der Waals surface area contributed by atoms with E-state index in [0.29, 0.717) is 28.8 Å². The van der Waals surface area contributed by atoms with E-state index in [0.717, 1.165) is 34.1 Å². The monoisotopic (exact) mass is 553 g/mol. The molecule has 1 unspecified atom stereocenters. The highest BCUT2D eigenvalue weighted by Crippen LogP contribution is 2.48. The van der Waals surface area contributed by atoms with Crippen molar-refractivity contribution in [1.29, 1.82) is 0 Å². The summed E-state index contributed by atoms with van der Waals surface area (Å²) < 4.78 is 32.9. The predicted octanol–water partition coefficient (Wildman–Crippen LogP) is 8.44. The average molecular weight is 554 g/mol. The number of rotatable bonds is 7. The van der Waals surface area contributed by atoms with Gasteiger partial charge in [-0.3, -0.25) is 10.1 Å². The second-order valence-corrected chi connectivity index (χ2v) is 10.6. The second-order valence-electron chi connectivity index (χ2n) is 9.17. The molecular weight excluding hydrogens is 532 g/mol. The fourth-order valence-corrected chi connectivity index (χ4v) is 5.58. The van der Waals surface area contributed by atoms with E-state index in [4.69, 9.17) is 16.3 Å². The smallest absolute Gasteiger partial charge is 0.412 e. The zero-order valence-electron chi connectivity index (χ0n) is 20.1. The van der Waals surface area contributed by atoms with E-state index in [9.17, 15) is 23.5 Å². The third kappa shape index (κ3) is 5.14. The first kappa shape index (κ1) is 25.9. The number of hydrogen-bond donors (Lipinski definition) is 2. The van der Waals surface area contributed by atoms with Gasteiger partial charge in [0.2, 0.25) is 0 Å². The Labute approximate surface area is 226 Å².